The predicted molar refractivity (Wildman–Crippen MR) is 113 cm³/mol. The first kappa shape index (κ1) is 19.8. The summed E-state index contributed by atoms with van der Waals surface area (Å²) in [4.78, 5) is 25.0. The third-order valence-electron chi connectivity index (χ3n) is 5.28. The number of aromatic nitrogens is 3. The number of thiophene rings is 1. The Morgan fingerprint density at radius 1 is 1.28 bits per heavy atom. The summed E-state index contributed by atoms with van der Waals surface area (Å²) in [7, 11) is 0. The van der Waals surface area contributed by atoms with E-state index in [9.17, 15) is 4.79 Å². The van der Waals surface area contributed by atoms with Crippen molar-refractivity contribution in [3.05, 3.63) is 51.9 Å². The Labute approximate surface area is 175 Å². The number of piperidine rings is 1. The molecule has 0 atom stereocenters. The summed E-state index contributed by atoms with van der Waals surface area (Å²) < 4.78 is 5.52. The molecule has 0 aromatic carbocycles. The monoisotopic (exact) mass is 410 g/mol. The van der Waals surface area contributed by atoms with E-state index in [1.165, 1.54) is 11.3 Å². The molecule has 0 unspecified atom stereocenters. The molecule has 1 saturated heterocycles. The van der Waals surface area contributed by atoms with Gasteiger partial charge in [-0.1, -0.05) is 32.0 Å². The van der Waals surface area contributed by atoms with Crippen molar-refractivity contribution < 1.29 is 9.32 Å². The molecule has 1 aliphatic heterocycles. The van der Waals surface area contributed by atoms with Gasteiger partial charge in [0.05, 0.1) is 21.8 Å². The molecule has 152 valence electrons. The van der Waals surface area contributed by atoms with Gasteiger partial charge in [-0.15, -0.1) is 11.3 Å². The van der Waals surface area contributed by atoms with E-state index in [0.717, 1.165) is 53.6 Å². The second-order valence-corrected chi connectivity index (χ2v) is 9.57. The van der Waals surface area contributed by atoms with Crippen LogP contribution in [-0.2, 0) is 5.41 Å². The third-order valence-corrected chi connectivity index (χ3v) is 6.14. The molecular formula is C22H26N4O2S. The number of amides is 1. The van der Waals surface area contributed by atoms with Crippen LogP contribution in [0, 0.1) is 6.92 Å². The molecule has 3 aromatic heterocycles. The molecule has 0 spiro atoms. The van der Waals surface area contributed by atoms with E-state index in [4.69, 9.17) is 9.51 Å². The van der Waals surface area contributed by atoms with Crippen LogP contribution in [-0.4, -0.2) is 39.0 Å². The van der Waals surface area contributed by atoms with Gasteiger partial charge in [-0.05, 0) is 31.2 Å². The van der Waals surface area contributed by atoms with Crippen LogP contribution in [0.2, 0.25) is 0 Å². The first-order valence-corrected chi connectivity index (χ1v) is 10.8. The largest absolute Gasteiger partial charge is 0.356 e. The first-order valence-electron chi connectivity index (χ1n) is 9.97. The summed E-state index contributed by atoms with van der Waals surface area (Å²) in [5, 5.41) is 5.98. The minimum atomic E-state index is -0.138. The molecule has 0 bridgehead atoms. The zero-order valence-electron chi connectivity index (χ0n) is 17.3. The lowest BCUT2D eigenvalue weighted by molar-refractivity contribution is 0.0717. The van der Waals surface area contributed by atoms with E-state index in [-0.39, 0.29) is 17.2 Å². The second-order valence-electron chi connectivity index (χ2n) is 8.62. The number of likely N-dealkylation sites (tertiary alicyclic amines) is 1. The molecular weight excluding hydrogens is 384 g/mol. The van der Waals surface area contributed by atoms with Gasteiger partial charge in [-0.25, -0.2) is 9.97 Å². The van der Waals surface area contributed by atoms with E-state index in [2.05, 4.69) is 30.9 Å². The van der Waals surface area contributed by atoms with Crippen LogP contribution in [0.15, 0.2) is 34.3 Å². The minimum absolute atomic E-state index is 0.127. The van der Waals surface area contributed by atoms with Crippen LogP contribution in [0.3, 0.4) is 0 Å². The summed E-state index contributed by atoms with van der Waals surface area (Å²) in [6.45, 7) is 9.72. The summed E-state index contributed by atoms with van der Waals surface area (Å²) >= 11 is 1.50. The highest BCUT2D eigenvalue weighted by atomic mass is 32.1. The average molecular weight is 411 g/mol. The van der Waals surface area contributed by atoms with Crippen LogP contribution < -0.4 is 0 Å². The first-order chi connectivity index (χ1) is 13.8. The number of rotatable bonds is 3. The maximum absolute atomic E-state index is 12.7. The molecule has 0 N–H and O–H groups in total. The quantitative estimate of drug-likeness (QED) is 0.619. The van der Waals surface area contributed by atoms with Gasteiger partial charge in [0.1, 0.15) is 5.82 Å². The Morgan fingerprint density at radius 3 is 2.62 bits per heavy atom. The van der Waals surface area contributed by atoms with Gasteiger partial charge in [-0.2, -0.15) is 0 Å². The van der Waals surface area contributed by atoms with Crippen molar-refractivity contribution in [3.8, 4) is 11.3 Å². The Hall–Kier alpha value is -2.54. The number of hydrogen-bond acceptors (Lipinski definition) is 6. The van der Waals surface area contributed by atoms with Gasteiger partial charge < -0.3 is 9.42 Å². The smallest absolute Gasteiger partial charge is 0.263 e. The lowest BCUT2D eigenvalue weighted by Crippen LogP contribution is -2.38. The van der Waals surface area contributed by atoms with Crippen LogP contribution in [0.5, 0.6) is 0 Å². The summed E-state index contributed by atoms with van der Waals surface area (Å²) in [5.74, 6) is 1.91. The van der Waals surface area contributed by atoms with Crippen molar-refractivity contribution in [1.82, 2.24) is 20.0 Å². The van der Waals surface area contributed by atoms with Gasteiger partial charge in [-0.3, -0.25) is 4.79 Å². The van der Waals surface area contributed by atoms with Crippen molar-refractivity contribution in [2.75, 3.05) is 13.1 Å². The number of carbonyl (C=O) groups is 1. The molecule has 1 aliphatic rings. The van der Waals surface area contributed by atoms with Gasteiger partial charge >= 0.3 is 0 Å². The van der Waals surface area contributed by atoms with Crippen molar-refractivity contribution in [1.29, 1.82) is 0 Å². The molecule has 0 radical (unpaired) electrons. The van der Waals surface area contributed by atoms with Gasteiger partial charge in [0.25, 0.3) is 5.91 Å². The molecule has 0 aliphatic carbocycles. The molecule has 0 saturated carbocycles. The fourth-order valence-electron chi connectivity index (χ4n) is 3.66. The molecule has 7 heteroatoms. The van der Waals surface area contributed by atoms with E-state index in [1.807, 2.05) is 41.6 Å². The minimum Gasteiger partial charge on any atom is -0.356 e. The molecule has 4 rings (SSSR count). The van der Waals surface area contributed by atoms with Crippen molar-refractivity contribution in [2.45, 2.75) is 51.9 Å². The van der Waals surface area contributed by atoms with E-state index in [0.29, 0.717) is 5.76 Å². The third kappa shape index (κ3) is 4.10. The zero-order chi connectivity index (χ0) is 20.6. The highest BCUT2D eigenvalue weighted by Gasteiger charge is 2.30. The van der Waals surface area contributed by atoms with Crippen LogP contribution in [0.4, 0.5) is 0 Å². The van der Waals surface area contributed by atoms with Crippen LogP contribution >= 0.6 is 11.3 Å². The van der Waals surface area contributed by atoms with Gasteiger partial charge in [0.15, 0.2) is 5.76 Å². The van der Waals surface area contributed by atoms with E-state index < -0.39 is 0 Å². The Kier molecular flexibility index (Phi) is 5.25. The molecule has 29 heavy (non-hydrogen) atoms. The maximum Gasteiger partial charge on any atom is 0.263 e. The molecule has 4 heterocycles. The Morgan fingerprint density at radius 2 is 2.03 bits per heavy atom. The summed E-state index contributed by atoms with van der Waals surface area (Å²) in [5.41, 5.74) is 2.61. The molecule has 3 aromatic rings. The lowest BCUT2D eigenvalue weighted by Gasteiger charge is -2.32. The van der Waals surface area contributed by atoms with Crippen molar-refractivity contribution in [3.63, 3.8) is 0 Å². The maximum atomic E-state index is 12.7. The normalized spacial score (nSPS) is 15.7. The number of hydrogen-bond donors (Lipinski definition) is 0. The Balaban J connectivity index is 1.61. The standard InChI is InChI=1S/C22H26N4O2S/c1-14-12-17(28-25-14)16-13-23-21(22(2,3)4)24-19(16)15-7-9-26(10-8-15)20(27)18-6-5-11-29-18/h5-6,11-13,15H,7-10H2,1-4H3. The van der Waals surface area contributed by atoms with Crippen molar-refractivity contribution >= 4 is 17.2 Å². The average Bonchev–Trinajstić information content (AvgIpc) is 3.38. The summed E-state index contributed by atoms with van der Waals surface area (Å²) in [6, 6.07) is 5.74. The second kappa shape index (κ2) is 7.71. The lowest BCUT2D eigenvalue weighted by atomic mass is 9.88. The Bertz CT molecular complexity index is 996. The van der Waals surface area contributed by atoms with Crippen LogP contribution in [0.1, 0.15) is 66.4 Å². The number of nitrogens with zero attached hydrogens (tertiary/aromatic N) is 4. The SMILES string of the molecule is Cc1cc(-c2cnc(C(C)(C)C)nc2C2CCN(C(=O)c3cccs3)CC2)on1. The van der Waals surface area contributed by atoms with Crippen molar-refractivity contribution in [2.24, 2.45) is 0 Å². The fraction of sp³-hybridized carbons (Fsp3) is 0.455. The molecule has 6 nitrogen and oxygen atoms in total. The predicted octanol–water partition coefficient (Wildman–Crippen LogP) is 4.82. The number of aryl methyl sites for hydroxylation is 1. The van der Waals surface area contributed by atoms with Gasteiger partial charge in [0, 0.05) is 36.7 Å². The van der Waals surface area contributed by atoms with E-state index in [1.54, 1.807) is 0 Å². The number of carbonyl (C=O) groups excluding carboxylic acids is 1. The van der Waals surface area contributed by atoms with Crippen LogP contribution in [0.25, 0.3) is 11.3 Å². The fourth-order valence-corrected chi connectivity index (χ4v) is 4.35. The highest BCUT2D eigenvalue weighted by molar-refractivity contribution is 7.12. The van der Waals surface area contributed by atoms with E-state index >= 15 is 0 Å². The zero-order valence-corrected chi connectivity index (χ0v) is 18.1. The van der Waals surface area contributed by atoms with Gasteiger partial charge in [0.2, 0.25) is 0 Å². The highest BCUT2D eigenvalue weighted by Crippen LogP contribution is 2.35. The topological polar surface area (TPSA) is 72.1 Å². The molecule has 1 amide bonds. The molecule has 1 fully saturated rings. The summed E-state index contributed by atoms with van der Waals surface area (Å²) in [6.07, 6.45) is 3.61.